The summed E-state index contributed by atoms with van der Waals surface area (Å²) in [5.74, 6) is 0.977. The van der Waals surface area contributed by atoms with Crippen molar-refractivity contribution in [1.29, 1.82) is 0 Å². The van der Waals surface area contributed by atoms with Crippen molar-refractivity contribution < 1.29 is 4.43 Å². The Kier molecular flexibility index (Phi) is 3.34. The Morgan fingerprint density at radius 1 is 0.882 bits per heavy atom. The smallest absolute Gasteiger partial charge is 0.276 e. The molecule has 0 atom stereocenters. The van der Waals surface area contributed by atoms with Gasteiger partial charge in [-0.15, -0.1) is 0 Å². The van der Waals surface area contributed by atoms with Gasteiger partial charge in [-0.3, -0.25) is 0 Å². The van der Waals surface area contributed by atoms with Crippen LogP contribution in [0.1, 0.15) is 5.56 Å². The molecule has 0 aliphatic heterocycles. The molecule has 2 rings (SSSR count). The van der Waals surface area contributed by atoms with E-state index in [0.29, 0.717) is 0 Å². The molecule has 2 aromatic rings. The molecule has 0 radical (unpaired) electrons. The molecule has 88 valence electrons. The molecule has 0 spiro atoms. The summed E-state index contributed by atoms with van der Waals surface area (Å²) in [4.78, 5) is 0. The van der Waals surface area contributed by atoms with E-state index in [4.69, 9.17) is 4.43 Å². The summed E-state index contributed by atoms with van der Waals surface area (Å²) in [5, 5.41) is 1.32. The quantitative estimate of drug-likeness (QED) is 0.749. The van der Waals surface area contributed by atoms with Crippen molar-refractivity contribution in [3.63, 3.8) is 0 Å². The lowest BCUT2D eigenvalue weighted by Gasteiger charge is -2.24. The maximum atomic E-state index is 6.21. The van der Waals surface area contributed by atoms with Gasteiger partial charge in [0, 0.05) is 0 Å². The van der Waals surface area contributed by atoms with Crippen molar-refractivity contribution in [3.05, 3.63) is 60.2 Å². The van der Waals surface area contributed by atoms with E-state index in [9.17, 15) is 0 Å². The summed E-state index contributed by atoms with van der Waals surface area (Å²) in [7, 11) is -1.84. The van der Waals surface area contributed by atoms with E-state index in [2.05, 4.69) is 56.4 Å². The van der Waals surface area contributed by atoms with Crippen LogP contribution in [0.5, 0.6) is 5.75 Å². The number of benzene rings is 2. The molecule has 0 saturated carbocycles. The first kappa shape index (κ1) is 11.9. The van der Waals surface area contributed by atoms with E-state index in [0.717, 1.165) is 5.75 Å². The van der Waals surface area contributed by atoms with Crippen molar-refractivity contribution in [1.82, 2.24) is 0 Å². The monoisotopic (exact) mass is 242 g/mol. The Balaban J connectivity index is 2.23. The van der Waals surface area contributed by atoms with Gasteiger partial charge in [0.25, 0.3) is 8.32 Å². The number of hydrogen-bond donors (Lipinski definition) is 0. The Bertz CT molecular complexity index is 491. The van der Waals surface area contributed by atoms with E-state index < -0.39 is 8.32 Å². The molecule has 17 heavy (non-hydrogen) atoms. The second-order valence-corrected chi connectivity index (χ2v) is 8.60. The zero-order chi connectivity index (χ0) is 12.3. The molecule has 0 amide bonds. The van der Waals surface area contributed by atoms with Crippen molar-refractivity contribution in [2.24, 2.45) is 0 Å². The summed E-state index contributed by atoms with van der Waals surface area (Å²) in [5.41, 5.74) is 1.24. The van der Waals surface area contributed by atoms with Gasteiger partial charge in [0.2, 0.25) is 0 Å². The minimum Gasteiger partial charge on any atom is -0.540 e. The van der Waals surface area contributed by atoms with Crippen LogP contribution in [0, 0.1) is 6.92 Å². The van der Waals surface area contributed by atoms with Crippen molar-refractivity contribution >= 4 is 13.5 Å². The zero-order valence-corrected chi connectivity index (χ0v) is 11.6. The van der Waals surface area contributed by atoms with Crippen LogP contribution in [0.2, 0.25) is 13.1 Å². The van der Waals surface area contributed by atoms with E-state index in [1.807, 2.05) is 18.2 Å². The van der Waals surface area contributed by atoms with Gasteiger partial charge in [-0.1, -0.05) is 42.5 Å². The largest absolute Gasteiger partial charge is 0.540 e. The van der Waals surface area contributed by atoms with Crippen LogP contribution in [0.25, 0.3) is 0 Å². The number of aryl methyl sites for hydroxylation is 1. The topological polar surface area (TPSA) is 9.23 Å². The van der Waals surface area contributed by atoms with E-state index in [-0.39, 0.29) is 0 Å². The average Bonchev–Trinajstić information content (AvgIpc) is 2.29. The molecule has 0 N–H and O–H groups in total. The highest BCUT2D eigenvalue weighted by atomic mass is 28.4. The molecule has 1 nitrogen and oxygen atoms in total. The zero-order valence-electron chi connectivity index (χ0n) is 10.6. The van der Waals surface area contributed by atoms with Crippen LogP contribution in [-0.2, 0) is 0 Å². The fourth-order valence-electron chi connectivity index (χ4n) is 1.87. The van der Waals surface area contributed by atoms with Gasteiger partial charge in [-0.2, -0.15) is 0 Å². The highest BCUT2D eigenvalue weighted by Gasteiger charge is 2.26. The van der Waals surface area contributed by atoms with Crippen molar-refractivity contribution in [2.75, 3.05) is 0 Å². The predicted molar refractivity (Wildman–Crippen MR) is 75.4 cm³/mol. The van der Waals surface area contributed by atoms with Gasteiger partial charge in [-0.25, -0.2) is 0 Å². The van der Waals surface area contributed by atoms with E-state index in [1.54, 1.807) is 0 Å². The second-order valence-electron chi connectivity index (χ2n) is 4.79. The molecular formula is C15H18OSi. The number of rotatable bonds is 3. The van der Waals surface area contributed by atoms with E-state index in [1.165, 1.54) is 10.8 Å². The summed E-state index contributed by atoms with van der Waals surface area (Å²) < 4.78 is 6.21. The van der Waals surface area contributed by atoms with Crippen LogP contribution in [0.4, 0.5) is 0 Å². The third-order valence-corrected chi connectivity index (χ3v) is 5.30. The lowest BCUT2D eigenvalue weighted by molar-refractivity contribution is 0.564. The predicted octanol–water partition coefficient (Wildman–Crippen LogP) is 3.49. The Labute approximate surface area is 104 Å². The van der Waals surface area contributed by atoms with Crippen molar-refractivity contribution in [2.45, 2.75) is 20.0 Å². The van der Waals surface area contributed by atoms with Crippen LogP contribution >= 0.6 is 0 Å². The van der Waals surface area contributed by atoms with Crippen LogP contribution in [0.15, 0.2) is 54.6 Å². The van der Waals surface area contributed by atoms with Gasteiger partial charge >= 0.3 is 0 Å². The molecule has 2 aromatic carbocycles. The lowest BCUT2D eigenvalue weighted by Crippen LogP contribution is -2.47. The lowest BCUT2D eigenvalue weighted by atomic mass is 10.2. The SMILES string of the molecule is Cc1cccc(O[Si](C)(C)c2ccccc2)c1. The minimum absolute atomic E-state index is 0.977. The van der Waals surface area contributed by atoms with Crippen LogP contribution in [0.3, 0.4) is 0 Å². The molecule has 0 aromatic heterocycles. The molecule has 0 fully saturated rings. The molecular weight excluding hydrogens is 224 g/mol. The summed E-state index contributed by atoms with van der Waals surface area (Å²) in [6.07, 6.45) is 0. The molecule has 0 aliphatic rings. The fraction of sp³-hybridized carbons (Fsp3) is 0.200. The highest BCUT2D eigenvalue weighted by molar-refractivity contribution is 6.84. The second kappa shape index (κ2) is 4.76. The van der Waals surface area contributed by atoms with Gasteiger partial charge in [-0.05, 0) is 42.9 Å². The molecule has 0 aliphatic carbocycles. The van der Waals surface area contributed by atoms with Gasteiger partial charge in [0.15, 0.2) is 0 Å². The summed E-state index contributed by atoms with van der Waals surface area (Å²) >= 11 is 0. The number of hydrogen-bond acceptors (Lipinski definition) is 1. The average molecular weight is 242 g/mol. The summed E-state index contributed by atoms with van der Waals surface area (Å²) in [6.45, 7) is 6.54. The maximum absolute atomic E-state index is 6.21. The van der Waals surface area contributed by atoms with Gasteiger partial charge in [0.05, 0.1) is 0 Å². The molecule has 0 bridgehead atoms. The van der Waals surface area contributed by atoms with Crippen LogP contribution in [-0.4, -0.2) is 8.32 Å². The first-order valence-corrected chi connectivity index (χ1v) is 8.80. The first-order chi connectivity index (χ1) is 8.08. The Morgan fingerprint density at radius 2 is 1.59 bits per heavy atom. The standard InChI is InChI=1S/C15H18OSi/c1-13-8-7-9-14(12-13)16-17(2,3)15-10-5-4-6-11-15/h4-12H,1-3H3. The molecule has 0 saturated heterocycles. The molecule has 0 heterocycles. The van der Waals surface area contributed by atoms with Gasteiger partial charge in [0.1, 0.15) is 5.75 Å². The normalized spacial score (nSPS) is 11.2. The fourth-order valence-corrected chi connectivity index (χ4v) is 3.70. The third kappa shape index (κ3) is 2.98. The minimum atomic E-state index is -1.84. The maximum Gasteiger partial charge on any atom is 0.276 e. The van der Waals surface area contributed by atoms with E-state index >= 15 is 0 Å². The third-order valence-electron chi connectivity index (χ3n) is 2.83. The highest BCUT2D eigenvalue weighted by Crippen LogP contribution is 2.17. The van der Waals surface area contributed by atoms with Crippen molar-refractivity contribution in [3.8, 4) is 5.75 Å². The Hall–Kier alpha value is -1.54. The molecule has 0 unspecified atom stereocenters. The first-order valence-electron chi connectivity index (χ1n) is 5.89. The molecule has 2 heteroatoms. The van der Waals surface area contributed by atoms with Gasteiger partial charge < -0.3 is 4.43 Å². The Morgan fingerprint density at radius 3 is 2.24 bits per heavy atom. The summed E-state index contributed by atoms with van der Waals surface area (Å²) in [6, 6.07) is 18.8. The van der Waals surface area contributed by atoms with Crippen LogP contribution < -0.4 is 9.61 Å².